The second-order valence-electron chi connectivity index (χ2n) is 1.89. The van der Waals surface area contributed by atoms with Crippen molar-refractivity contribution >= 4 is 0 Å². The summed E-state index contributed by atoms with van der Waals surface area (Å²) < 4.78 is 5.11. The summed E-state index contributed by atoms with van der Waals surface area (Å²) in [5.74, 6) is 0.802. The molecule has 0 aliphatic rings. The molecule has 10 heavy (non-hydrogen) atoms. The third-order valence-corrected chi connectivity index (χ3v) is 1.10. The minimum atomic E-state index is 0.0644. The van der Waals surface area contributed by atoms with Crippen LogP contribution in [0.4, 0.5) is 0 Å². The lowest BCUT2D eigenvalue weighted by Gasteiger charge is -2.01. The van der Waals surface area contributed by atoms with E-state index in [1.165, 1.54) is 0 Å². The van der Waals surface area contributed by atoms with Gasteiger partial charge in [0.25, 0.3) is 0 Å². The Balaban J connectivity index is 2.43. The van der Waals surface area contributed by atoms with Crippen LogP contribution in [0.25, 0.3) is 0 Å². The van der Waals surface area contributed by atoms with Gasteiger partial charge in [0.05, 0.1) is 6.61 Å². The molecule has 0 spiro atoms. The maximum Gasteiger partial charge on any atom is 0.119 e. The molecule has 0 aliphatic carbocycles. The molecule has 0 saturated carbocycles. The van der Waals surface area contributed by atoms with E-state index in [9.17, 15) is 0 Å². The van der Waals surface area contributed by atoms with Gasteiger partial charge in [0.1, 0.15) is 12.4 Å². The Kier molecular flexibility index (Phi) is 2.77. The summed E-state index contributed by atoms with van der Waals surface area (Å²) >= 11 is 0. The average Bonchev–Trinajstić information content (AvgIpc) is 2.03. The van der Waals surface area contributed by atoms with Gasteiger partial charge in [-0.05, 0) is 12.1 Å². The summed E-state index contributed by atoms with van der Waals surface area (Å²) in [4.78, 5) is 0. The number of hydrogen-bond donors (Lipinski definition) is 1. The molecule has 0 aliphatic heterocycles. The van der Waals surface area contributed by atoms with Crippen molar-refractivity contribution in [1.29, 1.82) is 0 Å². The fraction of sp³-hybridized carbons (Fsp3) is 0.250. The van der Waals surface area contributed by atoms with Crippen molar-refractivity contribution in [2.24, 2.45) is 0 Å². The highest BCUT2D eigenvalue weighted by atomic mass is 16.5. The van der Waals surface area contributed by atoms with Gasteiger partial charge in [-0.15, -0.1) is 0 Å². The molecule has 0 saturated heterocycles. The van der Waals surface area contributed by atoms with Crippen molar-refractivity contribution in [3.05, 3.63) is 30.3 Å². The van der Waals surface area contributed by atoms with Crippen LogP contribution in [0, 0.1) is 0 Å². The van der Waals surface area contributed by atoms with Gasteiger partial charge in [-0.1, -0.05) is 18.2 Å². The van der Waals surface area contributed by atoms with Crippen molar-refractivity contribution in [3.8, 4) is 5.75 Å². The van der Waals surface area contributed by atoms with E-state index in [0.717, 1.165) is 5.75 Å². The number of hydrogen-bond acceptors (Lipinski definition) is 2. The van der Waals surface area contributed by atoms with Gasteiger partial charge in [-0.25, -0.2) is 0 Å². The zero-order chi connectivity index (χ0) is 7.23. The molecule has 0 radical (unpaired) electrons. The summed E-state index contributed by atoms with van der Waals surface area (Å²) in [6.07, 6.45) is 0. The standard InChI is InChI=1S/C8H10O2/c9-6-7-10-8-4-2-1-3-5-8/h1-5,9H,6-7H2/i8+1. The zero-order valence-electron chi connectivity index (χ0n) is 5.66. The van der Waals surface area contributed by atoms with Crippen LogP contribution in [0.3, 0.4) is 0 Å². The summed E-state index contributed by atoms with van der Waals surface area (Å²) in [5.41, 5.74) is 0. The molecule has 0 fully saturated rings. The number of ether oxygens (including phenoxy) is 1. The molecule has 0 heterocycles. The molecule has 0 unspecified atom stereocenters. The van der Waals surface area contributed by atoms with Gasteiger partial charge in [0.2, 0.25) is 0 Å². The van der Waals surface area contributed by atoms with Crippen LogP contribution < -0.4 is 4.74 Å². The van der Waals surface area contributed by atoms with Crippen LogP contribution in [-0.2, 0) is 0 Å². The zero-order valence-corrected chi connectivity index (χ0v) is 5.66. The highest BCUT2D eigenvalue weighted by Crippen LogP contribution is 2.06. The predicted octanol–water partition coefficient (Wildman–Crippen LogP) is 1.06. The molecule has 1 N–H and O–H groups in total. The smallest absolute Gasteiger partial charge is 0.119 e. The molecule has 0 amide bonds. The van der Waals surface area contributed by atoms with Crippen LogP contribution >= 0.6 is 0 Å². The Morgan fingerprint density at radius 1 is 1.20 bits per heavy atom. The minimum absolute atomic E-state index is 0.0644. The van der Waals surface area contributed by atoms with Crippen LogP contribution in [0.2, 0.25) is 0 Å². The van der Waals surface area contributed by atoms with Crippen LogP contribution in [0.15, 0.2) is 30.3 Å². The van der Waals surface area contributed by atoms with E-state index in [1.807, 2.05) is 30.3 Å². The highest BCUT2D eigenvalue weighted by molar-refractivity contribution is 5.20. The number of aliphatic hydroxyl groups is 1. The third-order valence-electron chi connectivity index (χ3n) is 1.10. The lowest BCUT2D eigenvalue weighted by Crippen LogP contribution is -2.00. The molecule has 1 aromatic carbocycles. The molecule has 0 aromatic heterocycles. The topological polar surface area (TPSA) is 29.5 Å². The number of benzene rings is 1. The van der Waals surface area contributed by atoms with Gasteiger partial charge < -0.3 is 9.84 Å². The van der Waals surface area contributed by atoms with E-state index in [0.29, 0.717) is 6.61 Å². The van der Waals surface area contributed by atoms with Crippen LogP contribution in [-0.4, -0.2) is 18.3 Å². The van der Waals surface area contributed by atoms with E-state index in [2.05, 4.69) is 0 Å². The van der Waals surface area contributed by atoms with Crippen molar-refractivity contribution in [2.75, 3.05) is 13.2 Å². The number of rotatable bonds is 3. The monoisotopic (exact) mass is 139 g/mol. The quantitative estimate of drug-likeness (QED) is 0.678. The second kappa shape index (κ2) is 3.90. The summed E-state index contributed by atoms with van der Waals surface area (Å²) in [7, 11) is 0. The number of aliphatic hydroxyl groups excluding tert-OH is 1. The first-order chi connectivity index (χ1) is 4.93. The normalized spacial score (nSPS) is 9.30. The van der Waals surface area contributed by atoms with E-state index < -0.39 is 0 Å². The lowest BCUT2D eigenvalue weighted by molar-refractivity contribution is 0.201. The minimum Gasteiger partial charge on any atom is -0.491 e. The maximum atomic E-state index is 8.40. The Labute approximate surface area is 60.1 Å². The highest BCUT2D eigenvalue weighted by Gasteiger charge is 1.86. The molecular weight excluding hydrogens is 129 g/mol. The van der Waals surface area contributed by atoms with Crippen molar-refractivity contribution in [2.45, 2.75) is 0 Å². The van der Waals surface area contributed by atoms with E-state index in [4.69, 9.17) is 9.84 Å². The van der Waals surface area contributed by atoms with E-state index in [1.54, 1.807) is 0 Å². The largest absolute Gasteiger partial charge is 0.491 e. The van der Waals surface area contributed by atoms with E-state index in [-0.39, 0.29) is 6.61 Å². The fourth-order valence-corrected chi connectivity index (χ4v) is 0.680. The third kappa shape index (κ3) is 2.07. The molecule has 0 atom stereocenters. The SMILES string of the molecule is OCCO[13c]1ccccc1. The molecule has 1 rings (SSSR count). The van der Waals surface area contributed by atoms with Crippen LogP contribution in [0.5, 0.6) is 5.75 Å². The van der Waals surface area contributed by atoms with Gasteiger partial charge in [0, 0.05) is 0 Å². The Morgan fingerprint density at radius 2 is 1.90 bits per heavy atom. The molecule has 2 heteroatoms. The summed E-state index contributed by atoms with van der Waals surface area (Å²) in [5, 5.41) is 8.40. The molecule has 2 nitrogen and oxygen atoms in total. The second-order valence-corrected chi connectivity index (χ2v) is 1.89. The first-order valence-electron chi connectivity index (χ1n) is 3.22. The van der Waals surface area contributed by atoms with E-state index >= 15 is 0 Å². The molecule has 54 valence electrons. The molecular formula is C8H10O2. The van der Waals surface area contributed by atoms with Gasteiger partial charge in [0.15, 0.2) is 0 Å². The van der Waals surface area contributed by atoms with Crippen LogP contribution in [0.1, 0.15) is 0 Å². The van der Waals surface area contributed by atoms with Gasteiger partial charge >= 0.3 is 0 Å². The molecule has 1 aromatic rings. The Morgan fingerprint density at radius 3 is 2.50 bits per heavy atom. The lowest BCUT2D eigenvalue weighted by atomic mass is 10.5. The first-order valence-corrected chi connectivity index (χ1v) is 3.22. The van der Waals surface area contributed by atoms with Crippen molar-refractivity contribution < 1.29 is 9.84 Å². The summed E-state index contributed by atoms with van der Waals surface area (Å²) in [6, 6.07) is 9.43. The Bertz CT molecular complexity index is 172. The van der Waals surface area contributed by atoms with Gasteiger partial charge in [-0.3, -0.25) is 0 Å². The summed E-state index contributed by atoms with van der Waals surface area (Å²) in [6.45, 7) is 0.429. The maximum absolute atomic E-state index is 8.40. The van der Waals surface area contributed by atoms with Crippen molar-refractivity contribution in [3.63, 3.8) is 0 Å². The average molecular weight is 139 g/mol. The number of para-hydroxylation sites is 1. The Hall–Kier alpha value is -1.02. The predicted molar refractivity (Wildman–Crippen MR) is 39.0 cm³/mol. The first kappa shape index (κ1) is 7.09. The van der Waals surface area contributed by atoms with Gasteiger partial charge in [-0.2, -0.15) is 0 Å². The molecule has 0 bridgehead atoms. The fourth-order valence-electron chi connectivity index (χ4n) is 0.680. The van der Waals surface area contributed by atoms with Crippen molar-refractivity contribution in [1.82, 2.24) is 0 Å².